The van der Waals surface area contributed by atoms with Crippen molar-refractivity contribution in [2.45, 2.75) is 12.8 Å². The van der Waals surface area contributed by atoms with E-state index in [0.717, 1.165) is 17.5 Å². The fourth-order valence-electron chi connectivity index (χ4n) is 0.652. The fourth-order valence-corrected chi connectivity index (χ4v) is 0.880. The van der Waals surface area contributed by atoms with Gasteiger partial charge in [0.15, 0.2) is 0 Å². The minimum atomic E-state index is 0.953. The van der Waals surface area contributed by atoms with E-state index in [2.05, 4.69) is 11.9 Å². The summed E-state index contributed by atoms with van der Waals surface area (Å²) in [6, 6.07) is 0. The number of hydrogen-bond acceptors (Lipinski definition) is 2. The molecule has 1 rings (SSSR count). The first-order valence-electron chi connectivity index (χ1n) is 3.29. The van der Waals surface area contributed by atoms with Crippen molar-refractivity contribution < 1.29 is 0 Å². The van der Waals surface area contributed by atoms with E-state index < -0.39 is 0 Å². The third-order valence-corrected chi connectivity index (χ3v) is 2.17. The third kappa shape index (κ3) is 2.80. The highest BCUT2D eigenvalue weighted by Crippen LogP contribution is 2.28. The van der Waals surface area contributed by atoms with Gasteiger partial charge in [0, 0.05) is 6.54 Å². The highest BCUT2D eigenvalue weighted by atomic mass is 32.2. The second-order valence-corrected chi connectivity index (χ2v) is 3.35. The van der Waals surface area contributed by atoms with E-state index in [1.54, 1.807) is 11.8 Å². The molecule has 0 aliphatic heterocycles. The van der Waals surface area contributed by atoms with E-state index in [9.17, 15) is 0 Å². The van der Waals surface area contributed by atoms with Crippen molar-refractivity contribution in [1.82, 2.24) is 5.32 Å². The summed E-state index contributed by atoms with van der Waals surface area (Å²) in [5.41, 5.74) is 0. The maximum Gasteiger partial charge on any atom is 0.0605 e. The first-order chi connectivity index (χ1) is 4.33. The second kappa shape index (κ2) is 3.16. The molecule has 1 nitrogen and oxygen atoms in total. The summed E-state index contributed by atoms with van der Waals surface area (Å²) < 4.78 is 0. The van der Waals surface area contributed by atoms with E-state index in [0.29, 0.717) is 0 Å². The number of hydrogen-bond donors (Lipinski definition) is 1. The maximum atomic E-state index is 3.82. The van der Waals surface area contributed by atoms with Gasteiger partial charge in [-0.15, -0.1) is 11.8 Å². The molecule has 0 aromatic carbocycles. The molecule has 0 aromatic heterocycles. The van der Waals surface area contributed by atoms with Gasteiger partial charge < -0.3 is 5.32 Å². The van der Waals surface area contributed by atoms with Crippen LogP contribution < -0.4 is 5.32 Å². The van der Waals surface area contributed by atoms with Gasteiger partial charge >= 0.3 is 0 Å². The summed E-state index contributed by atoms with van der Waals surface area (Å²) in [5.74, 6) is 0.953. The largest absolute Gasteiger partial charge is 0.380 e. The minimum Gasteiger partial charge on any atom is -0.380 e. The third-order valence-electron chi connectivity index (χ3n) is 1.53. The summed E-state index contributed by atoms with van der Waals surface area (Å²) in [5, 5.41) is 4.36. The Balaban J connectivity index is 1.96. The zero-order chi connectivity index (χ0) is 6.69. The molecule has 52 valence electrons. The Hall–Kier alpha value is -0.110. The van der Waals surface area contributed by atoms with Gasteiger partial charge in [0.1, 0.15) is 0 Å². The molecule has 0 unspecified atom stereocenters. The van der Waals surface area contributed by atoms with Crippen LogP contribution in [0, 0.1) is 5.92 Å². The molecule has 0 bridgehead atoms. The molecule has 2 heteroatoms. The van der Waals surface area contributed by atoms with Crippen molar-refractivity contribution in [2.75, 3.05) is 12.8 Å². The van der Waals surface area contributed by atoms with Gasteiger partial charge in [-0.1, -0.05) is 6.58 Å². The summed E-state index contributed by atoms with van der Waals surface area (Å²) in [6.45, 7) is 4.96. The van der Waals surface area contributed by atoms with Gasteiger partial charge in [-0.3, -0.25) is 0 Å². The Labute approximate surface area is 60.9 Å². The molecule has 1 aliphatic carbocycles. The van der Waals surface area contributed by atoms with Gasteiger partial charge in [0.2, 0.25) is 0 Å². The van der Waals surface area contributed by atoms with Crippen LogP contribution in [0.4, 0.5) is 0 Å². The smallest absolute Gasteiger partial charge is 0.0605 e. The van der Waals surface area contributed by atoms with Crippen molar-refractivity contribution in [3.63, 3.8) is 0 Å². The minimum absolute atomic E-state index is 0.953. The van der Waals surface area contributed by atoms with Crippen LogP contribution in [0.3, 0.4) is 0 Å². The summed E-state index contributed by atoms with van der Waals surface area (Å²) in [4.78, 5) is 0. The summed E-state index contributed by atoms with van der Waals surface area (Å²) in [7, 11) is 0. The van der Waals surface area contributed by atoms with Crippen LogP contribution in [0.1, 0.15) is 12.8 Å². The zero-order valence-corrected chi connectivity index (χ0v) is 6.63. The van der Waals surface area contributed by atoms with Crippen molar-refractivity contribution in [1.29, 1.82) is 0 Å². The first kappa shape index (κ1) is 7.00. The standard InChI is InChI=1S/C7H13NS/c1-6(9-2)8-5-7-3-4-7/h7-8H,1,3-5H2,2H3. The average molecular weight is 143 g/mol. The molecule has 1 fully saturated rings. The van der Waals surface area contributed by atoms with E-state index in [1.165, 1.54) is 12.8 Å². The van der Waals surface area contributed by atoms with Gasteiger partial charge in [0.05, 0.1) is 5.03 Å². The Morgan fingerprint density at radius 2 is 2.44 bits per heavy atom. The molecule has 0 heterocycles. The molecular formula is C7H13NS. The molecule has 0 aromatic rings. The molecule has 9 heavy (non-hydrogen) atoms. The van der Waals surface area contributed by atoms with Crippen molar-refractivity contribution in [2.24, 2.45) is 5.92 Å². The maximum absolute atomic E-state index is 3.82. The average Bonchev–Trinajstić information content (AvgIpc) is 2.65. The van der Waals surface area contributed by atoms with Crippen molar-refractivity contribution in [3.05, 3.63) is 11.6 Å². The number of thioether (sulfide) groups is 1. The lowest BCUT2D eigenvalue weighted by Gasteiger charge is -2.03. The fraction of sp³-hybridized carbons (Fsp3) is 0.714. The molecule has 1 N–H and O–H groups in total. The first-order valence-corrected chi connectivity index (χ1v) is 4.52. The Morgan fingerprint density at radius 3 is 2.89 bits per heavy atom. The lowest BCUT2D eigenvalue weighted by Crippen LogP contribution is -2.12. The zero-order valence-electron chi connectivity index (χ0n) is 5.81. The predicted molar refractivity (Wildman–Crippen MR) is 43.4 cm³/mol. The second-order valence-electron chi connectivity index (χ2n) is 2.45. The van der Waals surface area contributed by atoms with Gasteiger partial charge in [-0.05, 0) is 25.0 Å². The van der Waals surface area contributed by atoms with E-state index in [-0.39, 0.29) is 0 Å². The summed E-state index contributed by atoms with van der Waals surface area (Å²) in [6.07, 6.45) is 4.87. The van der Waals surface area contributed by atoms with E-state index in [4.69, 9.17) is 0 Å². The molecule has 1 aliphatic rings. The monoisotopic (exact) mass is 143 g/mol. The van der Waals surface area contributed by atoms with Crippen LogP contribution in [0.15, 0.2) is 11.6 Å². The predicted octanol–water partition coefficient (Wildman–Crippen LogP) is 1.82. The Morgan fingerprint density at radius 1 is 1.78 bits per heavy atom. The molecule has 0 saturated heterocycles. The SMILES string of the molecule is C=C(NCC1CC1)SC. The van der Waals surface area contributed by atoms with Gasteiger partial charge in [-0.2, -0.15) is 0 Å². The quantitative estimate of drug-likeness (QED) is 0.644. The Kier molecular flexibility index (Phi) is 2.46. The van der Waals surface area contributed by atoms with E-state index >= 15 is 0 Å². The summed E-state index contributed by atoms with van der Waals surface area (Å²) >= 11 is 1.69. The lowest BCUT2D eigenvalue weighted by molar-refractivity contribution is 0.742. The molecule has 0 atom stereocenters. The van der Waals surface area contributed by atoms with Crippen LogP contribution in [-0.4, -0.2) is 12.8 Å². The van der Waals surface area contributed by atoms with Crippen molar-refractivity contribution >= 4 is 11.8 Å². The molecule has 0 amide bonds. The van der Waals surface area contributed by atoms with Crippen LogP contribution in [-0.2, 0) is 0 Å². The van der Waals surface area contributed by atoms with Crippen LogP contribution in [0.5, 0.6) is 0 Å². The molecule has 0 spiro atoms. The van der Waals surface area contributed by atoms with Gasteiger partial charge in [0.25, 0.3) is 0 Å². The Bertz CT molecular complexity index is 107. The number of rotatable bonds is 4. The molecule has 0 radical (unpaired) electrons. The van der Waals surface area contributed by atoms with Crippen LogP contribution in [0.2, 0.25) is 0 Å². The number of nitrogens with one attached hydrogen (secondary N) is 1. The lowest BCUT2D eigenvalue weighted by atomic mass is 10.4. The molecule has 1 saturated carbocycles. The topological polar surface area (TPSA) is 12.0 Å². The van der Waals surface area contributed by atoms with Crippen molar-refractivity contribution in [3.8, 4) is 0 Å². The van der Waals surface area contributed by atoms with Gasteiger partial charge in [-0.25, -0.2) is 0 Å². The van der Waals surface area contributed by atoms with E-state index in [1.807, 2.05) is 6.26 Å². The van der Waals surface area contributed by atoms with Crippen LogP contribution in [0.25, 0.3) is 0 Å². The molecular weight excluding hydrogens is 130 g/mol. The van der Waals surface area contributed by atoms with Crippen LogP contribution >= 0.6 is 11.8 Å². The normalized spacial score (nSPS) is 17.4. The highest BCUT2D eigenvalue weighted by molar-refractivity contribution is 8.02. The highest BCUT2D eigenvalue weighted by Gasteiger charge is 2.20.